The highest BCUT2D eigenvalue weighted by atomic mass is 16.2. The number of hydrogen-bond acceptors (Lipinski definition) is 3. The SMILES string of the molecule is CCNC(=NCc1cccc(NC(=O)CN(C)C)c1)NCCC(C)C. The summed E-state index contributed by atoms with van der Waals surface area (Å²) in [5, 5.41) is 9.53. The summed E-state index contributed by atoms with van der Waals surface area (Å²) in [4.78, 5) is 18.3. The van der Waals surface area contributed by atoms with Gasteiger partial charge in [0.1, 0.15) is 0 Å². The van der Waals surface area contributed by atoms with Gasteiger partial charge in [0.15, 0.2) is 5.96 Å². The first-order chi connectivity index (χ1) is 11.9. The highest BCUT2D eigenvalue weighted by Gasteiger charge is 2.04. The second-order valence-electron chi connectivity index (χ2n) is 6.79. The standard InChI is InChI=1S/C19H33N5O/c1-6-20-19(21-11-10-15(2)3)22-13-16-8-7-9-17(12-16)23-18(25)14-24(4)5/h7-9,12,15H,6,10-11,13-14H2,1-5H3,(H,23,25)(H2,20,21,22). The van der Waals surface area contributed by atoms with E-state index in [9.17, 15) is 4.79 Å². The molecule has 0 heterocycles. The molecule has 0 atom stereocenters. The number of hydrogen-bond donors (Lipinski definition) is 3. The number of nitrogens with zero attached hydrogens (tertiary/aromatic N) is 2. The molecule has 1 rings (SSSR count). The first kappa shape index (κ1) is 21.0. The molecule has 1 amide bonds. The smallest absolute Gasteiger partial charge is 0.238 e. The maximum atomic E-state index is 11.9. The van der Waals surface area contributed by atoms with Crippen molar-refractivity contribution in [1.29, 1.82) is 0 Å². The number of rotatable bonds is 9. The van der Waals surface area contributed by atoms with Gasteiger partial charge in [0.2, 0.25) is 5.91 Å². The van der Waals surface area contributed by atoms with E-state index in [1.54, 1.807) is 0 Å². The van der Waals surface area contributed by atoms with Crippen molar-refractivity contribution < 1.29 is 4.79 Å². The van der Waals surface area contributed by atoms with Crippen molar-refractivity contribution >= 4 is 17.6 Å². The fourth-order valence-corrected chi connectivity index (χ4v) is 2.23. The van der Waals surface area contributed by atoms with E-state index in [1.807, 2.05) is 43.3 Å². The predicted molar refractivity (Wildman–Crippen MR) is 106 cm³/mol. The number of carbonyl (C=O) groups is 1. The van der Waals surface area contributed by atoms with Crippen LogP contribution in [0.3, 0.4) is 0 Å². The number of aliphatic imine (C=N–C) groups is 1. The first-order valence-corrected chi connectivity index (χ1v) is 8.96. The summed E-state index contributed by atoms with van der Waals surface area (Å²) in [5.74, 6) is 1.47. The van der Waals surface area contributed by atoms with E-state index >= 15 is 0 Å². The topological polar surface area (TPSA) is 68.8 Å². The molecule has 3 N–H and O–H groups in total. The third kappa shape index (κ3) is 9.72. The fourth-order valence-electron chi connectivity index (χ4n) is 2.23. The average molecular weight is 348 g/mol. The summed E-state index contributed by atoms with van der Waals surface area (Å²) in [5.41, 5.74) is 1.86. The van der Waals surface area contributed by atoms with E-state index in [-0.39, 0.29) is 5.91 Å². The molecule has 0 aliphatic heterocycles. The van der Waals surface area contributed by atoms with Crippen molar-refractivity contribution in [2.24, 2.45) is 10.9 Å². The Bertz CT molecular complexity index is 555. The minimum absolute atomic E-state index is 0.0191. The molecule has 1 aromatic carbocycles. The van der Waals surface area contributed by atoms with Gasteiger partial charge in [0.25, 0.3) is 0 Å². The molecular formula is C19H33N5O. The molecule has 0 aromatic heterocycles. The minimum Gasteiger partial charge on any atom is -0.357 e. The number of nitrogens with one attached hydrogen (secondary N) is 3. The van der Waals surface area contributed by atoms with Gasteiger partial charge in [-0.25, -0.2) is 4.99 Å². The van der Waals surface area contributed by atoms with E-state index in [4.69, 9.17) is 0 Å². The quantitative estimate of drug-likeness (QED) is 0.474. The first-order valence-electron chi connectivity index (χ1n) is 8.96. The van der Waals surface area contributed by atoms with Crippen LogP contribution >= 0.6 is 0 Å². The van der Waals surface area contributed by atoms with Gasteiger partial charge in [-0.05, 0) is 51.1 Å². The third-order valence-electron chi connectivity index (χ3n) is 3.45. The molecule has 0 saturated heterocycles. The Kier molecular flexibility index (Phi) is 9.62. The molecule has 0 unspecified atom stereocenters. The third-order valence-corrected chi connectivity index (χ3v) is 3.45. The van der Waals surface area contributed by atoms with Crippen molar-refractivity contribution in [3.63, 3.8) is 0 Å². The maximum absolute atomic E-state index is 11.9. The second-order valence-corrected chi connectivity index (χ2v) is 6.79. The molecule has 6 nitrogen and oxygen atoms in total. The largest absolute Gasteiger partial charge is 0.357 e. The zero-order chi connectivity index (χ0) is 18.7. The molecule has 0 radical (unpaired) electrons. The van der Waals surface area contributed by atoms with Crippen LogP contribution in [0.15, 0.2) is 29.3 Å². The highest BCUT2D eigenvalue weighted by Crippen LogP contribution is 2.11. The molecule has 6 heteroatoms. The highest BCUT2D eigenvalue weighted by molar-refractivity contribution is 5.92. The summed E-state index contributed by atoms with van der Waals surface area (Å²) in [7, 11) is 3.75. The van der Waals surface area contributed by atoms with E-state index in [2.05, 4.69) is 41.7 Å². The second kappa shape index (κ2) is 11.5. The van der Waals surface area contributed by atoms with Crippen LogP contribution in [0.4, 0.5) is 5.69 Å². The van der Waals surface area contributed by atoms with Crippen molar-refractivity contribution in [2.45, 2.75) is 33.7 Å². The number of likely N-dealkylation sites (N-methyl/N-ethyl adjacent to an activating group) is 1. The molecular weight excluding hydrogens is 314 g/mol. The molecule has 0 aliphatic rings. The van der Waals surface area contributed by atoms with Gasteiger partial charge in [-0.15, -0.1) is 0 Å². The van der Waals surface area contributed by atoms with Gasteiger partial charge in [0.05, 0.1) is 13.1 Å². The van der Waals surface area contributed by atoms with Crippen LogP contribution in [0, 0.1) is 5.92 Å². The average Bonchev–Trinajstić information content (AvgIpc) is 2.51. The van der Waals surface area contributed by atoms with Crippen LogP contribution in [-0.4, -0.2) is 50.5 Å². The van der Waals surface area contributed by atoms with Gasteiger partial charge in [-0.3, -0.25) is 4.79 Å². The van der Waals surface area contributed by atoms with E-state index < -0.39 is 0 Å². The Morgan fingerprint density at radius 1 is 1.24 bits per heavy atom. The van der Waals surface area contributed by atoms with Crippen LogP contribution in [0.25, 0.3) is 0 Å². The van der Waals surface area contributed by atoms with Crippen molar-refractivity contribution in [3.8, 4) is 0 Å². The summed E-state index contributed by atoms with van der Waals surface area (Å²) in [6.07, 6.45) is 1.11. The molecule has 140 valence electrons. The molecule has 0 fully saturated rings. The Morgan fingerprint density at radius 3 is 2.64 bits per heavy atom. The summed E-state index contributed by atoms with van der Waals surface area (Å²) < 4.78 is 0. The van der Waals surface area contributed by atoms with E-state index in [1.165, 1.54) is 0 Å². The van der Waals surface area contributed by atoms with Crippen LogP contribution in [0.5, 0.6) is 0 Å². The van der Waals surface area contributed by atoms with Crippen molar-refractivity contribution in [2.75, 3.05) is 39.0 Å². The summed E-state index contributed by atoms with van der Waals surface area (Å²) in [6, 6.07) is 7.82. The lowest BCUT2D eigenvalue weighted by molar-refractivity contribution is -0.116. The van der Waals surface area contributed by atoms with E-state index in [0.717, 1.165) is 36.7 Å². The Morgan fingerprint density at radius 2 is 2.00 bits per heavy atom. The normalized spacial score (nSPS) is 11.7. The predicted octanol–water partition coefficient (Wildman–Crippen LogP) is 2.29. The van der Waals surface area contributed by atoms with Gasteiger partial charge >= 0.3 is 0 Å². The number of carbonyl (C=O) groups excluding carboxylic acids is 1. The summed E-state index contributed by atoms with van der Waals surface area (Å²) >= 11 is 0. The zero-order valence-corrected chi connectivity index (χ0v) is 16.2. The summed E-state index contributed by atoms with van der Waals surface area (Å²) in [6.45, 7) is 9.14. The lowest BCUT2D eigenvalue weighted by Gasteiger charge is -2.13. The van der Waals surface area contributed by atoms with Crippen molar-refractivity contribution in [3.05, 3.63) is 29.8 Å². The maximum Gasteiger partial charge on any atom is 0.238 e. The van der Waals surface area contributed by atoms with Gasteiger partial charge in [0, 0.05) is 18.8 Å². The molecule has 0 spiro atoms. The molecule has 0 aliphatic carbocycles. The Hall–Kier alpha value is -2.08. The zero-order valence-electron chi connectivity index (χ0n) is 16.2. The Balaban J connectivity index is 2.63. The Labute approximate surface area is 152 Å². The van der Waals surface area contributed by atoms with Gasteiger partial charge in [-0.2, -0.15) is 0 Å². The monoisotopic (exact) mass is 347 g/mol. The number of anilines is 1. The molecule has 1 aromatic rings. The number of guanidine groups is 1. The van der Waals surface area contributed by atoms with Crippen LogP contribution in [-0.2, 0) is 11.3 Å². The molecule has 0 saturated carbocycles. The van der Waals surface area contributed by atoms with Gasteiger partial charge in [-0.1, -0.05) is 26.0 Å². The van der Waals surface area contributed by atoms with Crippen molar-refractivity contribution in [1.82, 2.24) is 15.5 Å². The lowest BCUT2D eigenvalue weighted by atomic mass is 10.1. The van der Waals surface area contributed by atoms with E-state index in [0.29, 0.717) is 19.0 Å². The number of amides is 1. The fraction of sp³-hybridized carbons (Fsp3) is 0.579. The number of benzene rings is 1. The van der Waals surface area contributed by atoms with Crippen LogP contribution in [0.1, 0.15) is 32.8 Å². The lowest BCUT2D eigenvalue weighted by Crippen LogP contribution is -2.38. The van der Waals surface area contributed by atoms with Crippen LogP contribution in [0.2, 0.25) is 0 Å². The molecule has 0 bridgehead atoms. The molecule has 25 heavy (non-hydrogen) atoms. The van der Waals surface area contributed by atoms with Crippen LogP contribution < -0.4 is 16.0 Å². The van der Waals surface area contributed by atoms with Gasteiger partial charge < -0.3 is 20.9 Å². The minimum atomic E-state index is -0.0191.